The molecule has 2 saturated heterocycles. The summed E-state index contributed by atoms with van der Waals surface area (Å²) in [5, 5.41) is 3.33. The van der Waals surface area contributed by atoms with Gasteiger partial charge in [0.1, 0.15) is 11.6 Å². The molecule has 4 rings (SSSR count). The highest BCUT2D eigenvalue weighted by Crippen LogP contribution is 2.32. The van der Waals surface area contributed by atoms with E-state index in [2.05, 4.69) is 40.4 Å². The zero-order valence-electron chi connectivity index (χ0n) is 13.8. The Hall–Kier alpha value is -1.86. The first kappa shape index (κ1) is 16.6. The smallest absolute Gasteiger partial charge is 0.130 e. The molecular formula is C19H21F2N3O. The lowest BCUT2D eigenvalue weighted by atomic mass is 9.96. The lowest BCUT2D eigenvalue weighted by Gasteiger charge is -2.24. The van der Waals surface area contributed by atoms with Crippen molar-refractivity contribution in [3.05, 3.63) is 70.8 Å². The molecule has 0 aliphatic carbocycles. The number of ether oxygens (including phenoxy) is 1. The van der Waals surface area contributed by atoms with Crippen LogP contribution in [0.15, 0.2) is 42.5 Å². The molecular weight excluding hydrogens is 324 g/mol. The molecule has 4 nitrogen and oxygen atoms in total. The van der Waals surface area contributed by atoms with E-state index in [1.165, 1.54) is 12.1 Å². The van der Waals surface area contributed by atoms with Crippen LogP contribution in [0.5, 0.6) is 0 Å². The Balaban J connectivity index is 1.44. The van der Waals surface area contributed by atoms with E-state index in [0.29, 0.717) is 12.0 Å². The molecule has 2 aromatic rings. The van der Waals surface area contributed by atoms with E-state index in [4.69, 9.17) is 4.74 Å². The maximum atomic E-state index is 14.0. The third-order valence-corrected chi connectivity index (χ3v) is 4.88. The number of hydrogen-bond donors (Lipinski definition) is 3. The van der Waals surface area contributed by atoms with Crippen molar-refractivity contribution in [2.24, 2.45) is 0 Å². The minimum atomic E-state index is -0.557. The van der Waals surface area contributed by atoms with E-state index >= 15 is 0 Å². The maximum absolute atomic E-state index is 14.0. The molecule has 0 radical (unpaired) electrons. The fourth-order valence-electron chi connectivity index (χ4n) is 3.49. The van der Waals surface area contributed by atoms with Crippen LogP contribution in [0.1, 0.15) is 41.3 Å². The van der Waals surface area contributed by atoms with E-state index in [0.717, 1.165) is 36.9 Å². The van der Waals surface area contributed by atoms with Crippen LogP contribution in [0.3, 0.4) is 0 Å². The Morgan fingerprint density at radius 2 is 1.68 bits per heavy atom. The second-order valence-corrected chi connectivity index (χ2v) is 6.53. The fourth-order valence-corrected chi connectivity index (χ4v) is 3.49. The average molecular weight is 345 g/mol. The molecule has 132 valence electrons. The van der Waals surface area contributed by atoms with Crippen molar-refractivity contribution in [1.82, 2.24) is 16.2 Å². The minimum absolute atomic E-state index is 0.0777. The Labute approximate surface area is 145 Å². The van der Waals surface area contributed by atoms with Crippen molar-refractivity contribution in [2.75, 3.05) is 19.7 Å². The highest BCUT2D eigenvalue weighted by atomic mass is 19.1. The molecule has 2 aromatic carbocycles. The van der Waals surface area contributed by atoms with Crippen LogP contribution in [0, 0.1) is 11.6 Å². The number of morpholine rings is 1. The van der Waals surface area contributed by atoms with Gasteiger partial charge in [-0.3, -0.25) is 0 Å². The van der Waals surface area contributed by atoms with Gasteiger partial charge >= 0.3 is 0 Å². The Bertz CT molecular complexity index is 732. The summed E-state index contributed by atoms with van der Waals surface area (Å²) in [6.45, 7) is 2.45. The van der Waals surface area contributed by atoms with Gasteiger partial charge in [0.2, 0.25) is 0 Å². The predicted molar refractivity (Wildman–Crippen MR) is 90.7 cm³/mol. The molecule has 2 aliphatic rings. The molecule has 3 atom stereocenters. The van der Waals surface area contributed by atoms with E-state index in [-0.39, 0.29) is 18.2 Å². The first-order valence-electron chi connectivity index (χ1n) is 8.59. The van der Waals surface area contributed by atoms with Gasteiger partial charge < -0.3 is 10.1 Å². The zero-order chi connectivity index (χ0) is 17.2. The molecule has 2 fully saturated rings. The van der Waals surface area contributed by atoms with E-state index in [1.54, 1.807) is 0 Å². The van der Waals surface area contributed by atoms with Gasteiger partial charge in [-0.15, -0.1) is 0 Å². The summed E-state index contributed by atoms with van der Waals surface area (Å²) in [7, 11) is 0. The quantitative estimate of drug-likeness (QED) is 0.800. The van der Waals surface area contributed by atoms with Crippen molar-refractivity contribution in [2.45, 2.75) is 24.6 Å². The van der Waals surface area contributed by atoms with Crippen LogP contribution in [0.2, 0.25) is 0 Å². The molecule has 0 bridgehead atoms. The molecule has 2 unspecified atom stereocenters. The van der Waals surface area contributed by atoms with Crippen LogP contribution in [-0.4, -0.2) is 19.7 Å². The molecule has 3 N–H and O–H groups in total. The van der Waals surface area contributed by atoms with Gasteiger partial charge in [-0.05, 0) is 23.6 Å². The molecule has 0 aromatic heterocycles. The van der Waals surface area contributed by atoms with Crippen LogP contribution in [0.25, 0.3) is 0 Å². The van der Waals surface area contributed by atoms with Gasteiger partial charge in [-0.25, -0.2) is 19.6 Å². The second-order valence-electron chi connectivity index (χ2n) is 6.53. The number of hydrazine groups is 1. The minimum Gasteiger partial charge on any atom is -0.371 e. The van der Waals surface area contributed by atoms with Crippen LogP contribution < -0.4 is 16.2 Å². The number of nitrogens with one attached hydrogen (secondary N) is 3. The second kappa shape index (κ2) is 7.17. The monoisotopic (exact) mass is 345 g/mol. The fraction of sp³-hybridized carbons (Fsp3) is 0.368. The van der Waals surface area contributed by atoms with E-state index in [1.807, 2.05) is 0 Å². The van der Waals surface area contributed by atoms with Crippen molar-refractivity contribution in [3.63, 3.8) is 0 Å². The number of benzene rings is 2. The molecule has 2 aliphatic heterocycles. The maximum Gasteiger partial charge on any atom is 0.130 e. The van der Waals surface area contributed by atoms with Gasteiger partial charge in [0, 0.05) is 30.8 Å². The highest BCUT2D eigenvalue weighted by molar-refractivity contribution is 5.29. The number of rotatable bonds is 3. The average Bonchev–Trinajstić information content (AvgIpc) is 3.12. The third-order valence-electron chi connectivity index (χ3n) is 4.88. The summed E-state index contributed by atoms with van der Waals surface area (Å²) in [6.07, 6.45) is 0.794. The van der Waals surface area contributed by atoms with E-state index in [9.17, 15) is 8.78 Å². The van der Waals surface area contributed by atoms with Crippen LogP contribution in [0.4, 0.5) is 8.78 Å². The predicted octanol–water partition coefficient (Wildman–Crippen LogP) is 2.91. The summed E-state index contributed by atoms with van der Waals surface area (Å²) in [4.78, 5) is 0. The molecule has 0 spiro atoms. The zero-order valence-corrected chi connectivity index (χ0v) is 13.8. The Kier molecular flexibility index (Phi) is 4.76. The van der Waals surface area contributed by atoms with Gasteiger partial charge in [0.15, 0.2) is 0 Å². The van der Waals surface area contributed by atoms with Crippen LogP contribution >= 0.6 is 0 Å². The summed E-state index contributed by atoms with van der Waals surface area (Å²) in [5.74, 6) is -1.07. The van der Waals surface area contributed by atoms with Crippen molar-refractivity contribution in [1.29, 1.82) is 0 Å². The summed E-state index contributed by atoms with van der Waals surface area (Å²) in [5.41, 5.74) is 9.09. The first-order chi connectivity index (χ1) is 12.2. The lowest BCUT2D eigenvalue weighted by molar-refractivity contribution is 0.0277. The Morgan fingerprint density at radius 3 is 2.40 bits per heavy atom. The van der Waals surface area contributed by atoms with Gasteiger partial charge in [-0.2, -0.15) is 0 Å². The SMILES string of the molecule is Fc1ccc(C2CC(c3ccc([C@H]4CNCCO4)cc3)NN2)c(F)c1. The summed E-state index contributed by atoms with van der Waals surface area (Å²) in [6, 6.07) is 11.9. The lowest BCUT2D eigenvalue weighted by Crippen LogP contribution is -2.33. The van der Waals surface area contributed by atoms with Crippen molar-refractivity contribution in [3.8, 4) is 0 Å². The largest absolute Gasteiger partial charge is 0.371 e. The molecule has 0 saturated carbocycles. The topological polar surface area (TPSA) is 45.3 Å². The molecule has 2 heterocycles. The molecule has 25 heavy (non-hydrogen) atoms. The Morgan fingerprint density at radius 1 is 0.920 bits per heavy atom. The van der Waals surface area contributed by atoms with Gasteiger partial charge in [-0.1, -0.05) is 30.3 Å². The number of halogens is 2. The van der Waals surface area contributed by atoms with E-state index < -0.39 is 11.6 Å². The van der Waals surface area contributed by atoms with Gasteiger partial charge in [0.25, 0.3) is 0 Å². The summed E-state index contributed by atoms with van der Waals surface area (Å²) < 4.78 is 32.8. The van der Waals surface area contributed by atoms with Crippen LogP contribution in [-0.2, 0) is 4.74 Å². The number of hydrogen-bond acceptors (Lipinski definition) is 4. The molecule has 0 amide bonds. The molecule has 6 heteroatoms. The third kappa shape index (κ3) is 3.57. The normalized spacial score (nSPS) is 26.7. The van der Waals surface area contributed by atoms with Crippen molar-refractivity contribution >= 4 is 0 Å². The van der Waals surface area contributed by atoms with Gasteiger partial charge in [0.05, 0.1) is 18.8 Å². The van der Waals surface area contributed by atoms with Crippen molar-refractivity contribution < 1.29 is 13.5 Å². The first-order valence-corrected chi connectivity index (χ1v) is 8.59. The standard InChI is InChI=1S/C19H21F2N3O/c20-14-5-6-15(16(21)9-14)18-10-17(23-24-18)12-1-3-13(4-2-12)19-11-22-7-8-25-19/h1-6,9,17-19,22-24H,7-8,10-11H2/t17?,18?,19-/m1/s1. The summed E-state index contributed by atoms with van der Waals surface area (Å²) >= 11 is 0. The highest BCUT2D eigenvalue weighted by Gasteiger charge is 2.28.